The maximum atomic E-state index is 5.89. The molecule has 2 rings (SSSR count). The van der Waals surface area contributed by atoms with Crippen molar-refractivity contribution in [1.82, 2.24) is 5.32 Å². The van der Waals surface area contributed by atoms with Crippen molar-refractivity contribution in [3.63, 3.8) is 0 Å². The van der Waals surface area contributed by atoms with Gasteiger partial charge in [0.15, 0.2) is 0 Å². The molecule has 2 aromatic rings. The largest absolute Gasteiger partial charge is 0.488 e. The summed E-state index contributed by atoms with van der Waals surface area (Å²) in [5.74, 6) is 0.856. The quantitative estimate of drug-likeness (QED) is 0.528. The predicted octanol–water partition coefficient (Wildman–Crippen LogP) is 5.96. The van der Waals surface area contributed by atoms with Crippen LogP contribution in [0.3, 0.4) is 0 Å². The molecule has 0 saturated carbocycles. The summed E-state index contributed by atoms with van der Waals surface area (Å²) < 4.78 is 6.85. The van der Waals surface area contributed by atoms with Gasteiger partial charge in [-0.2, -0.15) is 0 Å². The highest BCUT2D eigenvalue weighted by Crippen LogP contribution is 2.27. The Balaban J connectivity index is 1.82. The maximum absolute atomic E-state index is 5.89. The van der Waals surface area contributed by atoms with Gasteiger partial charge in [0.05, 0.1) is 4.47 Å². The van der Waals surface area contributed by atoms with Gasteiger partial charge >= 0.3 is 0 Å². The second kappa shape index (κ2) is 9.96. The number of hydrogen-bond donors (Lipinski definition) is 1. The third-order valence-electron chi connectivity index (χ3n) is 3.59. The molecule has 0 aliphatic rings. The minimum atomic E-state index is 0.532. The first kappa shape index (κ1) is 18.3. The van der Waals surface area contributed by atoms with Crippen molar-refractivity contribution in [3.05, 3.63) is 63.1 Å². The van der Waals surface area contributed by atoms with Gasteiger partial charge in [-0.1, -0.05) is 49.6 Å². The number of hydrogen-bond acceptors (Lipinski definition) is 2. The van der Waals surface area contributed by atoms with E-state index in [2.05, 4.69) is 40.3 Å². The van der Waals surface area contributed by atoms with Crippen LogP contribution in [0.5, 0.6) is 5.75 Å². The van der Waals surface area contributed by atoms with E-state index in [1.54, 1.807) is 0 Å². The van der Waals surface area contributed by atoms with Gasteiger partial charge in [0, 0.05) is 11.6 Å². The van der Waals surface area contributed by atoms with Crippen LogP contribution in [0.25, 0.3) is 0 Å². The van der Waals surface area contributed by atoms with E-state index < -0.39 is 0 Å². The molecule has 23 heavy (non-hydrogen) atoms. The van der Waals surface area contributed by atoms with Crippen LogP contribution in [0.1, 0.15) is 37.3 Å². The van der Waals surface area contributed by atoms with Gasteiger partial charge in [0.1, 0.15) is 12.4 Å². The van der Waals surface area contributed by atoms with Crippen LogP contribution < -0.4 is 10.1 Å². The van der Waals surface area contributed by atoms with Crippen molar-refractivity contribution >= 4 is 27.5 Å². The topological polar surface area (TPSA) is 21.3 Å². The van der Waals surface area contributed by atoms with Crippen molar-refractivity contribution in [2.75, 3.05) is 6.54 Å². The molecule has 0 fully saturated rings. The molecular weight excluding hydrogens is 374 g/mol. The van der Waals surface area contributed by atoms with Crippen LogP contribution >= 0.6 is 27.5 Å². The van der Waals surface area contributed by atoms with Gasteiger partial charge in [0.2, 0.25) is 0 Å². The fourth-order valence-electron chi connectivity index (χ4n) is 2.25. The number of rotatable bonds is 9. The molecular formula is C19H23BrClNO. The SMILES string of the molecule is CCCCCNCc1ccc(OCc2ccc(Cl)cc2)c(Br)c1. The first-order chi connectivity index (χ1) is 11.2. The van der Waals surface area contributed by atoms with Crippen molar-refractivity contribution in [3.8, 4) is 5.75 Å². The standard InChI is InChI=1S/C19H23BrClNO/c1-2-3-4-11-22-13-16-7-10-19(18(20)12-16)23-14-15-5-8-17(21)9-6-15/h5-10,12,22H,2-4,11,13-14H2,1H3. The number of benzene rings is 2. The molecule has 0 spiro atoms. The fraction of sp³-hybridized carbons (Fsp3) is 0.368. The van der Waals surface area contributed by atoms with E-state index in [0.29, 0.717) is 6.61 Å². The molecule has 4 heteroatoms. The summed E-state index contributed by atoms with van der Waals surface area (Å²) in [6.07, 6.45) is 3.78. The Morgan fingerprint density at radius 3 is 2.48 bits per heavy atom. The average molecular weight is 397 g/mol. The lowest BCUT2D eigenvalue weighted by Crippen LogP contribution is -2.14. The van der Waals surface area contributed by atoms with Crippen LogP contribution in [0, 0.1) is 0 Å². The Labute approximate surface area is 152 Å². The zero-order chi connectivity index (χ0) is 16.5. The third-order valence-corrected chi connectivity index (χ3v) is 4.46. The van der Waals surface area contributed by atoms with Crippen LogP contribution in [0.4, 0.5) is 0 Å². The van der Waals surface area contributed by atoms with E-state index in [9.17, 15) is 0 Å². The second-order valence-electron chi connectivity index (χ2n) is 5.56. The smallest absolute Gasteiger partial charge is 0.134 e. The Hall–Kier alpha value is -1.03. The fourth-order valence-corrected chi connectivity index (χ4v) is 2.91. The van der Waals surface area contributed by atoms with Crippen LogP contribution in [-0.4, -0.2) is 6.54 Å². The Kier molecular flexibility index (Phi) is 7.93. The maximum Gasteiger partial charge on any atom is 0.134 e. The molecule has 2 aromatic carbocycles. The summed E-state index contributed by atoms with van der Waals surface area (Å²) >= 11 is 9.48. The lowest BCUT2D eigenvalue weighted by atomic mass is 10.2. The second-order valence-corrected chi connectivity index (χ2v) is 6.85. The molecule has 0 aliphatic heterocycles. The van der Waals surface area contributed by atoms with Gasteiger partial charge in [-0.05, 0) is 64.3 Å². The molecule has 0 radical (unpaired) electrons. The molecule has 0 heterocycles. The molecule has 0 aliphatic carbocycles. The normalized spacial score (nSPS) is 10.7. The summed E-state index contributed by atoms with van der Waals surface area (Å²) in [5, 5.41) is 4.21. The van der Waals surface area contributed by atoms with Gasteiger partial charge in [-0.3, -0.25) is 0 Å². The van der Waals surface area contributed by atoms with E-state index in [1.807, 2.05) is 30.3 Å². The van der Waals surface area contributed by atoms with Crippen molar-refractivity contribution in [1.29, 1.82) is 0 Å². The summed E-state index contributed by atoms with van der Waals surface area (Å²) in [6, 6.07) is 13.9. The van der Waals surface area contributed by atoms with E-state index >= 15 is 0 Å². The molecule has 0 saturated heterocycles. The molecule has 0 aromatic heterocycles. The first-order valence-electron chi connectivity index (χ1n) is 8.05. The minimum absolute atomic E-state index is 0.532. The highest BCUT2D eigenvalue weighted by atomic mass is 79.9. The van der Waals surface area contributed by atoms with Gasteiger partial charge in [-0.15, -0.1) is 0 Å². The number of ether oxygens (including phenoxy) is 1. The Morgan fingerprint density at radius 1 is 1.04 bits per heavy atom. The monoisotopic (exact) mass is 395 g/mol. The molecule has 0 unspecified atom stereocenters. The third kappa shape index (κ3) is 6.54. The molecule has 2 nitrogen and oxygen atoms in total. The van der Waals surface area contributed by atoms with Crippen LogP contribution in [-0.2, 0) is 13.2 Å². The predicted molar refractivity (Wildman–Crippen MR) is 101 cm³/mol. The Bertz CT molecular complexity index is 601. The number of halogens is 2. The van der Waals surface area contributed by atoms with Crippen molar-refractivity contribution in [2.24, 2.45) is 0 Å². The van der Waals surface area contributed by atoms with E-state index in [0.717, 1.165) is 33.9 Å². The molecule has 0 atom stereocenters. The lowest BCUT2D eigenvalue weighted by molar-refractivity contribution is 0.304. The zero-order valence-corrected chi connectivity index (χ0v) is 15.8. The minimum Gasteiger partial charge on any atom is -0.488 e. The summed E-state index contributed by atoms with van der Waals surface area (Å²) in [5.41, 5.74) is 2.36. The number of nitrogens with one attached hydrogen (secondary N) is 1. The van der Waals surface area contributed by atoms with E-state index in [-0.39, 0.29) is 0 Å². The van der Waals surface area contributed by atoms with E-state index in [1.165, 1.54) is 24.8 Å². The molecule has 124 valence electrons. The van der Waals surface area contributed by atoms with Crippen LogP contribution in [0.2, 0.25) is 5.02 Å². The summed E-state index contributed by atoms with van der Waals surface area (Å²) in [6.45, 7) is 4.71. The average Bonchev–Trinajstić information content (AvgIpc) is 2.55. The van der Waals surface area contributed by atoms with Gasteiger partial charge in [0.25, 0.3) is 0 Å². The van der Waals surface area contributed by atoms with E-state index in [4.69, 9.17) is 16.3 Å². The molecule has 0 amide bonds. The van der Waals surface area contributed by atoms with Crippen molar-refractivity contribution < 1.29 is 4.74 Å². The lowest BCUT2D eigenvalue weighted by Gasteiger charge is -2.11. The molecule has 1 N–H and O–H groups in total. The van der Waals surface area contributed by atoms with Crippen molar-refractivity contribution in [2.45, 2.75) is 39.3 Å². The van der Waals surface area contributed by atoms with Crippen LogP contribution in [0.15, 0.2) is 46.9 Å². The summed E-state index contributed by atoms with van der Waals surface area (Å²) in [4.78, 5) is 0. The highest BCUT2D eigenvalue weighted by Gasteiger charge is 2.04. The van der Waals surface area contributed by atoms with Gasteiger partial charge < -0.3 is 10.1 Å². The summed E-state index contributed by atoms with van der Waals surface area (Å²) in [7, 11) is 0. The molecule has 0 bridgehead atoms. The number of unbranched alkanes of at least 4 members (excludes halogenated alkanes) is 2. The zero-order valence-electron chi connectivity index (χ0n) is 13.4. The van der Waals surface area contributed by atoms with Gasteiger partial charge in [-0.25, -0.2) is 0 Å². The highest BCUT2D eigenvalue weighted by molar-refractivity contribution is 9.10. The first-order valence-corrected chi connectivity index (χ1v) is 9.22. The Morgan fingerprint density at radius 2 is 1.78 bits per heavy atom.